The zero-order valence-electron chi connectivity index (χ0n) is 14.4. The highest BCUT2D eigenvalue weighted by atomic mass is 32.1. The fourth-order valence-corrected chi connectivity index (χ4v) is 3.70. The van der Waals surface area contributed by atoms with E-state index in [0.717, 1.165) is 38.4 Å². The van der Waals surface area contributed by atoms with Crippen LogP contribution in [0.25, 0.3) is 0 Å². The monoisotopic (exact) mass is 343 g/mol. The average Bonchev–Trinajstić information content (AvgIpc) is 3.06. The minimum atomic E-state index is 0.0740. The Balaban J connectivity index is 1.43. The lowest BCUT2D eigenvalue weighted by Gasteiger charge is -2.34. The third-order valence-electron chi connectivity index (χ3n) is 4.58. The first-order chi connectivity index (χ1) is 11.6. The second-order valence-electron chi connectivity index (χ2n) is 6.48. The second-order valence-corrected chi connectivity index (χ2v) is 7.51. The van der Waals surface area contributed by atoms with Crippen molar-refractivity contribution in [3.05, 3.63) is 51.7 Å². The summed E-state index contributed by atoms with van der Waals surface area (Å²) in [5, 5.41) is 5.14. The van der Waals surface area contributed by atoms with Crippen LogP contribution in [-0.2, 0) is 11.3 Å². The van der Waals surface area contributed by atoms with Crippen molar-refractivity contribution in [2.45, 2.75) is 20.4 Å². The summed E-state index contributed by atoms with van der Waals surface area (Å²) in [4.78, 5) is 18.4. The molecule has 1 amide bonds. The molecule has 1 aromatic carbocycles. The SMILES string of the molecule is Cc1ccc(NC(=O)CN2CCN(Cc3cccs3)CC2)cc1C. The molecule has 0 spiro atoms. The van der Waals surface area contributed by atoms with Gasteiger partial charge >= 0.3 is 0 Å². The van der Waals surface area contributed by atoms with E-state index in [2.05, 4.69) is 46.5 Å². The van der Waals surface area contributed by atoms with Crippen molar-refractivity contribution in [3.63, 3.8) is 0 Å². The molecule has 1 N–H and O–H groups in total. The number of anilines is 1. The van der Waals surface area contributed by atoms with Crippen LogP contribution in [0.2, 0.25) is 0 Å². The summed E-state index contributed by atoms with van der Waals surface area (Å²) in [7, 11) is 0. The maximum absolute atomic E-state index is 12.3. The lowest BCUT2D eigenvalue weighted by Crippen LogP contribution is -2.48. The summed E-state index contributed by atoms with van der Waals surface area (Å²) in [6, 6.07) is 10.3. The molecular weight excluding hydrogens is 318 g/mol. The van der Waals surface area contributed by atoms with Crippen LogP contribution in [0.1, 0.15) is 16.0 Å². The molecule has 0 saturated carbocycles. The van der Waals surface area contributed by atoms with E-state index >= 15 is 0 Å². The number of aryl methyl sites for hydroxylation is 2. The van der Waals surface area contributed by atoms with Gasteiger partial charge in [0.2, 0.25) is 5.91 Å². The van der Waals surface area contributed by atoms with Crippen molar-refractivity contribution in [2.24, 2.45) is 0 Å². The van der Waals surface area contributed by atoms with E-state index in [1.165, 1.54) is 16.0 Å². The van der Waals surface area contributed by atoms with Crippen LogP contribution in [0, 0.1) is 13.8 Å². The first-order valence-electron chi connectivity index (χ1n) is 8.44. The van der Waals surface area contributed by atoms with Crippen LogP contribution in [0.5, 0.6) is 0 Å². The van der Waals surface area contributed by atoms with Crippen molar-refractivity contribution >= 4 is 22.9 Å². The van der Waals surface area contributed by atoms with E-state index in [4.69, 9.17) is 0 Å². The number of rotatable bonds is 5. The summed E-state index contributed by atoms with van der Waals surface area (Å²) in [6.45, 7) is 9.59. The van der Waals surface area contributed by atoms with Crippen molar-refractivity contribution in [3.8, 4) is 0 Å². The van der Waals surface area contributed by atoms with Gasteiger partial charge in [0.05, 0.1) is 6.54 Å². The van der Waals surface area contributed by atoms with Gasteiger partial charge in [-0.25, -0.2) is 0 Å². The summed E-state index contributed by atoms with van der Waals surface area (Å²) in [6.07, 6.45) is 0. The van der Waals surface area contributed by atoms with E-state index in [0.29, 0.717) is 6.54 Å². The van der Waals surface area contributed by atoms with Crippen LogP contribution in [0.4, 0.5) is 5.69 Å². The topological polar surface area (TPSA) is 35.6 Å². The molecule has 0 radical (unpaired) electrons. The van der Waals surface area contributed by atoms with Crippen molar-refractivity contribution in [1.82, 2.24) is 9.80 Å². The first kappa shape index (κ1) is 17.1. The predicted molar refractivity (Wildman–Crippen MR) is 101 cm³/mol. The minimum Gasteiger partial charge on any atom is -0.325 e. The smallest absolute Gasteiger partial charge is 0.238 e. The van der Waals surface area contributed by atoms with Crippen LogP contribution in [0.3, 0.4) is 0 Å². The Hall–Kier alpha value is -1.69. The summed E-state index contributed by atoms with van der Waals surface area (Å²) < 4.78 is 0. The van der Waals surface area contributed by atoms with E-state index in [1.807, 2.05) is 29.5 Å². The maximum Gasteiger partial charge on any atom is 0.238 e. The maximum atomic E-state index is 12.3. The van der Waals surface area contributed by atoms with E-state index in [1.54, 1.807) is 0 Å². The number of piperazine rings is 1. The Bertz CT molecular complexity index is 676. The van der Waals surface area contributed by atoms with E-state index in [9.17, 15) is 4.79 Å². The molecule has 24 heavy (non-hydrogen) atoms. The Morgan fingerprint density at radius 3 is 2.50 bits per heavy atom. The van der Waals surface area contributed by atoms with Gasteiger partial charge in [0.1, 0.15) is 0 Å². The fraction of sp³-hybridized carbons (Fsp3) is 0.421. The van der Waals surface area contributed by atoms with Crippen LogP contribution in [-0.4, -0.2) is 48.4 Å². The second kappa shape index (κ2) is 7.92. The Kier molecular flexibility index (Phi) is 5.66. The van der Waals surface area contributed by atoms with Gasteiger partial charge in [0.25, 0.3) is 0 Å². The summed E-state index contributed by atoms with van der Waals surface area (Å²) in [5.41, 5.74) is 3.34. The molecule has 4 nitrogen and oxygen atoms in total. The third-order valence-corrected chi connectivity index (χ3v) is 5.44. The van der Waals surface area contributed by atoms with Gasteiger partial charge in [-0.2, -0.15) is 0 Å². The Labute approximate surface area is 148 Å². The average molecular weight is 343 g/mol. The van der Waals surface area contributed by atoms with Gasteiger partial charge in [-0.3, -0.25) is 14.6 Å². The van der Waals surface area contributed by atoms with E-state index in [-0.39, 0.29) is 5.91 Å². The zero-order valence-corrected chi connectivity index (χ0v) is 15.2. The number of nitrogens with one attached hydrogen (secondary N) is 1. The largest absolute Gasteiger partial charge is 0.325 e. The number of carbonyl (C=O) groups excluding carboxylic acids is 1. The molecule has 2 aromatic rings. The lowest BCUT2D eigenvalue weighted by atomic mass is 10.1. The molecule has 0 aliphatic carbocycles. The summed E-state index contributed by atoms with van der Waals surface area (Å²) >= 11 is 1.81. The molecule has 1 fully saturated rings. The van der Waals surface area contributed by atoms with Crippen LogP contribution in [0.15, 0.2) is 35.7 Å². The highest BCUT2D eigenvalue weighted by molar-refractivity contribution is 7.09. The van der Waals surface area contributed by atoms with E-state index < -0.39 is 0 Å². The molecule has 1 saturated heterocycles. The minimum absolute atomic E-state index is 0.0740. The normalized spacial score (nSPS) is 16.2. The van der Waals surface area contributed by atoms with Crippen molar-refractivity contribution in [1.29, 1.82) is 0 Å². The molecule has 1 aromatic heterocycles. The third kappa shape index (κ3) is 4.66. The standard InChI is InChI=1S/C19H25N3OS/c1-15-5-6-17(12-16(15)2)20-19(23)14-22-9-7-21(8-10-22)13-18-4-3-11-24-18/h3-6,11-12H,7-10,13-14H2,1-2H3,(H,20,23). The number of benzene rings is 1. The van der Waals surface area contributed by atoms with Crippen molar-refractivity contribution in [2.75, 3.05) is 38.0 Å². The molecule has 3 rings (SSSR count). The number of thiophene rings is 1. The lowest BCUT2D eigenvalue weighted by molar-refractivity contribution is -0.117. The fourth-order valence-electron chi connectivity index (χ4n) is 2.95. The number of amides is 1. The molecule has 0 bridgehead atoms. The summed E-state index contributed by atoms with van der Waals surface area (Å²) in [5.74, 6) is 0.0740. The highest BCUT2D eigenvalue weighted by Crippen LogP contribution is 2.15. The Morgan fingerprint density at radius 2 is 1.83 bits per heavy atom. The van der Waals surface area contributed by atoms with Gasteiger partial charge in [-0.05, 0) is 48.6 Å². The molecule has 0 atom stereocenters. The quantitative estimate of drug-likeness (QED) is 0.906. The van der Waals surface area contributed by atoms with Gasteiger partial charge < -0.3 is 5.32 Å². The molecule has 128 valence electrons. The molecule has 5 heteroatoms. The van der Waals surface area contributed by atoms with Gasteiger partial charge in [0.15, 0.2) is 0 Å². The first-order valence-corrected chi connectivity index (χ1v) is 9.32. The molecule has 2 heterocycles. The van der Waals surface area contributed by atoms with Gasteiger partial charge in [-0.15, -0.1) is 11.3 Å². The number of hydrogen-bond acceptors (Lipinski definition) is 4. The van der Waals surface area contributed by atoms with Crippen molar-refractivity contribution < 1.29 is 4.79 Å². The number of nitrogens with zero attached hydrogens (tertiary/aromatic N) is 2. The molecular formula is C19H25N3OS. The number of hydrogen-bond donors (Lipinski definition) is 1. The number of carbonyl (C=O) groups is 1. The van der Waals surface area contributed by atoms with Gasteiger partial charge in [-0.1, -0.05) is 12.1 Å². The van der Waals surface area contributed by atoms with Crippen LogP contribution < -0.4 is 5.32 Å². The molecule has 1 aliphatic heterocycles. The molecule has 0 unspecified atom stereocenters. The Morgan fingerprint density at radius 1 is 1.08 bits per heavy atom. The predicted octanol–water partition coefficient (Wildman–Crippen LogP) is 3.12. The zero-order chi connectivity index (χ0) is 16.9. The highest BCUT2D eigenvalue weighted by Gasteiger charge is 2.19. The molecule has 1 aliphatic rings. The van der Waals surface area contributed by atoms with Gasteiger partial charge in [0, 0.05) is 43.3 Å². The van der Waals surface area contributed by atoms with Crippen LogP contribution >= 0.6 is 11.3 Å².